The second-order valence-electron chi connectivity index (χ2n) is 4.48. The molecular weight excluding hydrogens is 272 g/mol. The van der Waals surface area contributed by atoms with Crippen LogP contribution in [0.5, 0.6) is 0 Å². The summed E-state index contributed by atoms with van der Waals surface area (Å²) < 4.78 is 26.8. The van der Waals surface area contributed by atoms with Crippen LogP contribution in [0.3, 0.4) is 0 Å². The lowest BCUT2D eigenvalue weighted by Crippen LogP contribution is -2.15. The number of sulfonamides is 1. The van der Waals surface area contributed by atoms with Crippen molar-refractivity contribution in [2.24, 2.45) is 0 Å². The lowest BCUT2D eigenvalue weighted by Gasteiger charge is -2.10. The van der Waals surface area contributed by atoms with Crippen molar-refractivity contribution in [2.45, 2.75) is 12.7 Å². The van der Waals surface area contributed by atoms with Gasteiger partial charge in [-0.2, -0.15) is 5.26 Å². The molecule has 4 nitrogen and oxygen atoms in total. The van der Waals surface area contributed by atoms with Gasteiger partial charge in [-0.1, -0.05) is 30.3 Å². The molecule has 0 saturated heterocycles. The van der Waals surface area contributed by atoms with Crippen molar-refractivity contribution < 1.29 is 8.42 Å². The molecule has 5 heteroatoms. The van der Waals surface area contributed by atoms with Crippen LogP contribution in [0.1, 0.15) is 16.7 Å². The number of nitrogens with zero attached hydrogens (tertiary/aromatic N) is 1. The van der Waals surface area contributed by atoms with Crippen LogP contribution in [0.25, 0.3) is 0 Å². The third-order valence-electron chi connectivity index (χ3n) is 2.85. The van der Waals surface area contributed by atoms with Crippen molar-refractivity contribution in [3.63, 3.8) is 0 Å². The molecule has 1 N–H and O–H groups in total. The number of anilines is 1. The van der Waals surface area contributed by atoms with E-state index in [-0.39, 0.29) is 5.75 Å². The van der Waals surface area contributed by atoms with E-state index in [2.05, 4.69) is 4.72 Å². The minimum Gasteiger partial charge on any atom is -0.283 e. The van der Waals surface area contributed by atoms with Gasteiger partial charge < -0.3 is 0 Å². The Morgan fingerprint density at radius 1 is 1.10 bits per heavy atom. The van der Waals surface area contributed by atoms with E-state index in [0.717, 1.165) is 5.56 Å². The molecule has 0 aliphatic heterocycles. The highest BCUT2D eigenvalue weighted by atomic mass is 32.2. The maximum atomic E-state index is 12.1. The van der Waals surface area contributed by atoms with Crippen molar-refractivity contribution in [3.8, 4) is 6.07 Å². The molecule has 2 aromatic rings. The lowest BCUT2D eigenvalue weighted by atomic mass is 10.2. The van der Waals surface area contributed by atoms with E-state index in [4.69, 9.17) is 5.26 Å². The zero-order valence-electron chi connectivity index (χ0n) is 11.0. The summed E-state index contributed by atoms with van der Waals surface area (Å²) in [5.74, 6) is -0.118. The lowest BCUT2D eigenvalue weighted by molar-refractivity contribution is 0.600. The quantitative estimate of drug-likeness (QED) is 0.939. The van der Waals surface area contributed by atoms with Gasteiger partial charge in [0.1, 0.15) is 0 Å². The first-order valence-corrected chi connectivity index (χ1v) is 7.70. The average molecular weight is 286 g/mol. The predicted molar refractivity (Wildman–Crippen MR) is 78.6 cm³/mol. The van der Waals surface area contributed by atoms with E-state index in [1.54, 1.807) is 36.4 Å². The van der Waals surface area contributed by atoms with E-state index in [1.807, 2.05) is 25.1 Å². The first-order chi connectivity index (χ1) is 9.50. The fourth-order valence-corrected chi connectivity index (χ4v) is 3.05. The Kier molecular flexibility index (Phi) is 4.06. The van der Waals surface area contributed by atoms with Gasteiger partial charge in [0.25, 0.3) is 0 Å². The van der Waals surface area contributed by atoms with E-state index in [9.17, 15) is 8.42 Å². The molecule has 0 heterocycles. The standard InChI is InChI=1S/C15H14N2O2S/c1-12-4-2-3-5-15(12)17-20(18,19)11-14-8-6-13(10-16)7-9-14/h2-9,17H,11H2,1H3. The summed E-state index contributed by atoms with van der Waals surface area (Å²) in [6.45, 7) is 1.85. The Bertz CT molecular complexity index is 744. The second-order valence-corrected chi connectivity index (χ2v) is 6.21. The van der Waals surface area contributed by atoms with Gasteiger partial charge in [-0.05, 0) is 36.2 Å². The average Bonchev–Trinajstić information content (AvgIpc) is 2.41. The number of rotatable bonds is 4. The maximum absolute atomic E-state index is 12.1. The molecule has 0 fully saturated rings. The van der Waals surface area contributed by atoms with Gasteiger partial charge in [0.15, 0.2) is 0 Å². The number of benzene rings is 2. The fourth-order valence-electron chi connectivity index (χ4n) is 1.79. The number of hydrogen-bond acceptors (Lipinski definition) is 3. The van der Waals surface area contributed by atoms with E-state index in [0.29, 0.717) is 16.8 Å². The number of para-hydroxylation sites is 1. The summed E-state index contributed by atoms with van der Waals surface area (Å²) in [7, 11) is -3.46. The van der Waals surface area contributed by atoms with Crippen LogP contribution in [0.2, 0.25) is 0 Å². The SMILES string of the molecule is Cc1ccccc1NS(=O)(=O)Cc1ccc(C#N)cc1. The molecule has 0 aliphatic carbocycles. The Morgan fingerprint density at radius 2 is 1.75 bits per heavy atom. The molecular formula is C15H14N2O2S. The van der Waals surface area contributed by atoms with Crippen molar-refractivity contribution in [1.29, 1.82) is 5.26 Å². The summed E-state index contributed by atoms with van der Waals surface area (Å²) in [5.41, 5.74) is 2.61. The molecule has 0 unspecified atom stereocenters. The largest absolute Gasteiger partial charge is 0.283 e. The molecule has 2 rings (SSSR count). The third kappa shape index (κ3) is 3.59. The molecule has 0 saturated carbocycles. The summed E-state index contributed by atoms with van der Waals surface area (Å²) >= 11 is 0. The minimum atomic E-state index is -3.46. The highest BCUT2D eigenvalue weighted by Gasteiger charge is 2.12. The van der Waals surface area contributed by atoms with Gasteiger partial charge in [0, 0.05) is 0 Å². The fraction of sp³-hybridized carbons (Fsp3) is 0.133. The molecule has 102 valence electrons. The van der Waals surface area contributed by atoms with Gasteiger partial charge in [-0.25, -0.2) is 8.42 Å². The highest BCUT2D eigenvalue weighted by molar-refractivity contribution is 7.91. The Labute approximate surface area is 118 Å². The zero-order chi connectivity index (χ0) is 14.6. The Hall–Kier alpha value is -2.32. The first kappa shape index (κ1) is 14.1. The van der Waals surface area contributed by atoms with Gasteiger partial charge in [-0.3, -0.25) is 4.72 Å². The van der Waals surface area contributed by atoms with Gasteiger partial charge in [0.05, 0.1) is 23.1 Å². The molecule has 0 aromatic heterocycles. The van der Waals surface area contributed by atoms with Crippen LogP contribution in [0.4, 0.5) is 5.69 Å². The van der Waals surface area contributed by atoms with Crippen molar-refractivity contribution in [1.82, 2.24) is 0 Å². The molecule has 0 aliphatic rings. The summed E-state index contributed by atoms with van der Waals surface area (Å²) in [6.07, 6.45) is 0. The smallest absolute Gasteiger partial charge is 0.236 e. The number of hydrogen-bond donors (Lipinski definition) is 1. The monoisotopic (exact) mass is 286 g/mol. The van der Waals surface area contributed by atoms with Crippen LogP contribution < -0.4 is 4.72 Å². The number of nitriles is 1. The topological polar surface area (TPSA) is 70.0 Å². The van der Waals surface area contributed by atoms with Gasteiger partial charge in [0.2, 0.25) is 10.0 Å². The van der Waals surface area contributed by atoms with Crippen LogP contribution in [-0.4, -0.2) is 8.42 Å². The second kappa shape index (κ2) is 5.76. The Morgan fingerprint density at radius 3 is 2.35 bits per heavy atom. The molecule has 0 amide bonds. The van der Waals surface area contributed by atoms with E-state index < -0.39 is 10.0 Å². The van der Waals surface area contributed by atoms with Crippen LogP contribution in [0, 0.1) is 18.3 Å². The van der Waals surface area contributed by atoms with Gasteiger partial charge in [-0.15, -0.1) is 0 Å². The third-order valence-corrected chi connectivity index (χ3v) is 4.09. The molecule has 20 heavy (non-hydrogen) atoms. The summed E-state index contributed by atoms with van der Waals surface area (Å²) in [5, 5.41) is 8.71. The molecule has 2 aromatic carbocycles. The number of aryl methyl sites for hydroxylation is 1. The van der Waals surface area contributed by atoms with Crippen LogP contribution >= 0.6 is 0 Å². The minimum absolute atomic E-state index is 0.118. The van der Waals surface area contributed by atoms with Crippen LogP contribution in [0.15, 0.2) is 48.5 Å². The van der Waals surface area contributed by atoms with Crippen molar-refractivity contribution in [2.75, 3.05) is 4.72 Å². The van der Waals surface area contributed by atoms with Crippen molar-refractivity contribution in [3.05, 3.63) is 65.2 Å². The zero-order valence-corrected chi connectivity index (χ0v) is 11.8. The molecule has 0 atom stereocenters. The van der Waals surface area contributed by atoms with E-state index in [1.165, 1.54) is 0 Å². The number of nitrogens with one attached hydrogen (secondary N) is 1. The van der Waals surface area contributed by atoms with E-state index >= 15 is 0 Å². The van der Waals surface area contributed by atoms with Gasteiger partial charge >= 0.3 is 0 Å². The summed E-state index contributed by atoms with van der Waals surface area (Å²) in [6, 6.07) is 15.7. The first-order valence-electron chi connectivity index (χ1n) is 6.05. The molecule has 0 bridgehead atoms. The Balaban J connectivity index is 2.15. The highest BCUT2D eigenvalue weighted by Crippen LogP contribution is 2.17. The molecule has 0 radical (unpaired) electrons. The normalized spacial score (nSPS) is 10.8. The predicted octanol–water partition coefficient (Wildman–Crippen LogP) is 2.81. The summed E-state index contributed by atoms with van der Waals surface area (Å²) in [4.78, 5) is 0. The van der Waals surface area contributed by atoms with Crippen LogP contribution in [-0.2, 0) is 15.8 Å². The maximum Gasteiger partial charge on any atom is 0.236 e. The molecule has 0 spiro atoms. The van der Waals surface area contributed by atoms with Crippen molar-refractivity contribution >= 4 is 15.7 Å².